The number of amides is 2. The van der Waals surface area contributed by atoms with Crippen LogP contribution in [0.4, 0.5) is 5.13 Å². The Balaban J connectivity index is 1.70. The summed E-state index contributed by atoms with van der Waals surface area (Å²) in [4.78, 5) is 25.5. The second-order valence-corrected chi connectivity index (χ2v) is 8.01. The molecule has 1 heterocycles. The molecule has 1 aliphatic rings. The summed E-state index contributed by atoms with van der Waals surface area (Å²) in [5, 5.41) is 15.1. The van der Waals surface area contributed by atoms with Crippen molar-refractivity contribution < 1.29 is 19.1 Å². The fraction of sp³-hybridized carbons (Fsp3) is 0.474. The van der Waals surface area contributed by atoms with E-state index >= 15 is 0 Å². The van der Waals surface area contributed by atoms with Gasteiger partial charge in [-0.3, -0.25) is 14.9 Å². The van der Waals surface area contributed by atoms with Gasteiger partial charge in [0.25, 0.3) is 5.91 Å². The van der Waals surface area contributed by atoms with Crippen molar-refractivity contribution in [1.29, 1.82) is 0 Å². The molecule has 2 aromatic rings. The number of aromatic nitrogens is 2. The van der Waals surface area contributed by atoms with Crippen molar-refractivity contribution >= 4 is 28.3 Å². The molecule has 2 amide bonds. The van der Waals surface area contributed by atoms with Gasteiger partial charge in [-0.05, 0) is 30.9 Å². The number of rotatable bonds is 8. The third kappa shape index (κ3) is 4.78. The Labute approximate surface area is 167 Å². The molecule has 0 bridgehead atoms. The van der Waals surface area contributed by atoms with E-state index < -0.39 is 6.04 Å². The van der Waals surface area contributed by atoms with Crippen LogP contribution in [-0.2, 0) is 4.79 Å². The maximum absolute atomic E-state index is 12.7. The molecule has 0 radical (unpaired) electrons. The monoisotopic (exact) mass is 404 g/mol. The van der Waals surface area contributed by atoms with E-state index in [4.69, 9.17) is 9.47 Å². The summed E-state index contributed by atoms with van der Waals surface area (Å²) in [5.41, 5.74) is 0.349. The van der Waals surface area contributed by atoms with Gasteiger partial charge in [0.1, 0.15) is 22.5 Å². The molecule has 8 nitrogen and oxygen atoms in total. The zero-order chi connectivity index (χ0) is 20.3. The Morgan fingerprint density at radius 1 is 1.11 bits per heavy atom. The molecule has 0 unspecified atom stereocenters. The Morgan fingerprint density at radius 3 is 2.29 bits per heavy atom. The highest BCUT2D eigenvalue weighted by Crippen LogP contribution is 2.42. The highest BCUT2D eigenvalue weighted by atomic mass is 32.1. The summed E-state index contributed by atoms with van der Waals surface area (Å²) in [6.45, 7) is 3.73. The Morgan fingerprint density at radius 2 is 1.75 bits per heavy atom. The van der Waals surface area contributed by atoms with Crippen LogP contribution in [0.15, 0.2) is 18.2 Å². The van der Waals surface area contributed by atoms with Crippen LogP contribution in [0.1, 0.15) is 48.0 Å². The van der Waals surface area contributed by atoms with Crippen molar-refractivity contribution in [2.24, 2.45) is 5.92 Å². The maximum Gasteiger partial charge on any atom is 0.252 e. The van der Waals surface area contributed by atoms with Crippen molar-refractivity contribution in [3.05, 3.63) is 28.8 Å². The number of anilines is 1. The van der Waals surface area contributed by atoms with Gasteiger partial charge in [0.05, 0.1) is 14.2 Å². The number of carbonyl (C=O) groups is 2. The van der Waals surface area contributed by atoms with Crippen LogP contribution in [0.25, 0.3) is 0 Å². The third-order valence-electron chi connectivity index (χ3n) is 4.45. The van der Waals surface area contributed by atoms with Crippen molar-refractivity contribution in [2.45, 2.75) is 38.6 Å². The van der Waals surface area contributed by atoms with Gasteiger partial charge in [-0.15, -0.1) is 10.2 Å². The van der Waals surface area contributed by atoms with Crippen molar-refractivity contribution in [2.75, 3.05) is 19.5 Å². The van der Waals surface area contributed by atoms with Gasteiger partial charge < -0.3 is 14.8 Å². The summed E-state index contributed by atoms with van der Waals surface area (Å²) in [5.74, 6) is 0.644. The van der Waals surface area contributed by atoms with Gasteiger partial charge in [-0.25, -0.2) is 0 Å². The van der Waals surface area contributed by atoms with E-state index in [1.807, 2.05) is 13.8 Å². The fourth-order valence-electron chi connectivity index (χ4n) is 2.66. The summed E-state index contributed by atoms with van der Waals surface area (Å²) >= 11 is 1.39. The highest BCUT2D eigenvalue weighted by Gasteiger charge is 2.29. The molecule has 1 fully saturated rings. The van der Waals surface area contributed by atoms with E-state index in [0.29, 0.717) is 28.1 Å². The average molecular weight is 404 g/mol. The molecule has 0 saturated heterocycles. The first-order valence-electron chi connectivity index (χ1n) is 9.09. The molecule has 1 aliphatic carbocycles. The van der Waals surface area contributed by atoms with E-state index in [1.165, 1.54) is 25.6 Å². The lowest BCUT2D eigenvalue weighted by molar-refractivity contribution is -0.118. The molecular weight excluding hydrogens is 380 g/mol. The molecular formula is C19H24N4O4S. The number of nitrogens with one attached hydrogen (secondary N) is 2. The minimum absolute atomic E-state index is 0.118. The smallest absolute Gasteiger partial charge is 0.252 e. The van der Waals surface area contributed by atoms with Crippen LogP contribution in [0, 0.1) is 5.92 Å². The van der Waals surface area contributed by atoms with Crippen LogP contribution in [0.5, 0.6) is 11.5 Å². The van der Waals surface area contributed by atoms with Crippen molar-refractivity contribution in [3.63, 3.8) is 0 Å². The summed E-state index contributed by atoms with van der Waals surface area (Å²) in [6, 6.07) is 4.15. The number of methoxy groups -OCH3 is 2. The molecule has 28 heavy (non-hydrogen) atoms. The number of benzene rings is 1. The quantitative estimate of drug-likeness (QED) is 0.701. The molecule has 0 spiro atoms. The van der Waals surface area contributed by atoms with E-state index in [1.54, 1.807) is 18.2 Å². The highest BCUT2D eigenvalue weighted by molar-refractivity contribution is 7.15. The largest absolute Gasteiger partial charge is 0.497 e. The Kier molecular flexibility index (Phi) is 6.13. The molecule has 0 aliphatic heterocycles. The lowest BCUT2D eigenvalue weighted by Crippen LogP contribution is -2.47. The van der Waals surface area contributed by atoms with Crippen LogP contribution in [0.2, 0.25) is 0 Å². The van der Waals surface area contributed by atoms with Gasteiger partial charge in [0.15, 0.2) is 0 Å². The molecule has 1 aromatic carbocycles. The normalized spacial score (nSPS) is 14.5. The minimum atomic E-state index is -0.724. The Hall–Kier alpha value is -2.68. The number of carbonyl (C=O) groups excluding carboxylic acids is 2. The first kappa shape index (κ1) is 20.1. The molecule has 9 heteroatoms. The number of nitrogens with zero attached hydrogens (tertiary/aromatic N) is 2. The van der Waals surface area contributed by atoms with Gasteiger partial charge in [0, 0.05) is 17.5 Å². The molecule has 150 valence electrons. The summed E-state index contributed by atoms with van der Waals surface area (Å²) < 4.78 is 10.4. The van der Waals surface area contributed by atoms with Crippen LogP contribution >= 0.6 is 11.3 Å². The predicted molar refractivity (Wildman–Crippen MR) is 106 cm³/mol. The van der Waals surface area contributed by atoms with E-state index in [2.05, 4.69) is 20.8 Å². The average Bonchev–Trinajstić information content (AvgIpc) is 3.44. The fourth-order valence-corrected chi connectivity index (χ4v) is 3.58. The second kappa shape index (κ2) is 8.55. The third-order valence-corrected chi connectivity index (χ3v) is 5.45. The van der Waals surface area contributed by atoms with Crippen LogP contribution in [0.3, 0.4) is 0 Å². The molecule has 2 N–H and O–H groups in total. The summed E-state index contributed by atoms with van der Waals surface area (Å²) in [6.07, 6.45) is 2.24. The van der Waals surface area contributed by atoms with Gasteiger partial charge >= 0.3 is 0 Å². The maximum atomic E-state index is 12.7. The zero-order valence-corrected chi connectivity index (χ0v) is 17.1. The number of hydrogen-bond acceptors (Lipinski definition) is 7. The summed E-state index contributed by atoms with van der Waals surface area (Å²) in [7, 11) is 3.03. The SMILES string of the molecule is COc1cc(OC)cc(C(=O)N[C@@H](C(=O)Nc2nnc(C3CC3)s2)C(C)C)c1. The van der Waals surface area contributed by atoms with Crippen molar-refractivity contribution in [1.82, 2.24) is 15.5 Å². The van der Waals surface area contributed by atoms with Crippen LogP contribution in [-0.4, -0.2) is 42.3 Å². The van der Waals surface area contributed by atoms with Crippen molar-refractivity contribution in [3.8, 4) is 11.5 Å². The molecule has 1 aromatic heterocycles. The zero-order valence-electron chi connectivity index (χ0n) is 16.3. The Bertz CT molecular complexity index is 841. The standard InChI is InChI=1S/C19H24N4O4S/c1-10(2)15(17(25)21-19-23-22-18(28-19)11-5-6-11)20-16(24)12-7-13(26-3)9-14(8-12)27-4/h7-11,15H,5-6H2,1-4H3,(H,20,24)(H,21,23,25)/t15-/m1/s1. The molecule has 3 rings (SSSR count). The first-order chi connectivity index (χ1) is 13.4. The van der Waals surface area contributed by atoms with Gasteiger partial charge in [-0.1, -0.05) is 25.2 Å². The van der Waals surface area contributed by atoms with Gasteiger partial charge in [0.2, 0.25) is 11.0 Å². The first-order valence-corrected chi connectivity index (χ1v) is 9.91. The van der Waals surface area contributed by atoms with Crippen LogP contribution < -0.4 is 20.1 Å². The topological polar surface area (TPSA) is 102 Å². The molecule has 1 atom stereocenters. The van der Waals surface area contributed by atoms with E-state index in [0.717, 1.165) is 17.8 Å². The number of hydrogen-bond donors (Lipinski definition) is 2. The minimum Gasteiger partial charge on any atom is -0.497 e. The van der Waals surface area contributed by atoms with Gasteiger partial charge in [-0.2, -0.15) is 0 Å². The van der Waals surface area contributed by atoms with E-state index in [-0.39, 0.29) is 17.7 Å². The lowest BCUT2D eigenvalue weighted by atomic mass is 10.0. The number of ether oxygens (including phenoxy) is 2. The predicted octanol–water partition coefficient (Wildman–Crippen LogP) is 2.83. The second-order valence-electron chi connectivity index (χ2n) is 7.01. The molecule has 1 saturated carbocycles. The lowest BCUT2D eigenvalue weighted by Gasteiger charge is -2.21. The van der Waals surface area contributed by atoms with E-state index in [9.17, 15) is 9.59 Å².